The first-order chi connectivity index (χ1) is 10.3. The summed E-state index contributed by atoms with van der Waals surface area (Å²) in [7, 11) is 0. The molecule has 1 unspecified atom stereocenters. The van der Waals surface area contributed by atoms with E-state index in [0.29, 0.717) is 6.04 Å². The molecule has 2 aliphatic rings. The first-order valence-corrected chi connectivity index (χ1v) is 8.36. The van der Waals surface area contributed by atoms with Crippen molar-refractivity contribution in [1.82, 2.24) is 4.90 Å². The van der Waals surface area contributed by atoms with Crippen molar-refractivity contribution in [3.63, 3.8) is 0 Å². The Morgan fingerprint density at radius 3 is 2.81 bits per heavy atom. The highest BCUT2D eigenvalue weighted by Gasteiger charge is 2.37. The number of fused-ring (bicyclic) bond motifs is 1. The summed E-state index contributed by atoms with van der Waals surface area (Å²) in [5, 5.41) is 5.47. The number of nitrogens with zero attached hydrogens (tertiary/aromatic N) is 1. The van der Waals surface area contributed by atoms with Gasteiger partial charge in [0.2, 0.25) is 5.91 Å². The zero-order valence-electron chi connectivity index (χ0n) is 11.8. The van der Waals surface area contributed by atoms with Crippen molar-refractivity contribution in [3.8, 4) is 0 Å². The molecule has 1 aliphatic carbocycles. The molecule has 0 spiro atoms. The van der Waals surface area contributed by atoms with E-state index < -0.39 is 0 Å². The average molecular weight is 298 g/mol. The number of thiophene rings is 1. The van der Waals surface area contributed by atoms with Gasteiger partial charge < -0.3 is 10.2 Å². The van der Waals surface area contributed by atoms with E-state index >= 15 is 0 Å². The molecule has 2 heterocycles. The van der Waals surface area contributed by atoms with Crippen molar-refractivity contribution < 1.29 is 4.79 Å². The van der Waals surface area contributed by atoms with Gasteiger partial charge in [-0.3, -0.25) is 4.79 Å². The number of amides is 1. The quantitative estimate of drug-likeness (QED) is 0.939. The molecule has 4 rings (SSSR count). The SMILES string of the molecule is O=C(C1Cc2ccccc2N1)N(Cc1cccs1)C1CC1. The number of nitrogens with one attached hydrogen (secondary N) is 1. The summed E-state index contributed by atoms with van der Waals surface area (Å²) in [6.45, 7) is 0.760. The van der Waals surface area contributed by atoms with Crippen molar-refractivity contribution in [1.29, 1.82) is 0 Å². The molecular formula is C17H18N2OS. The largest absolute Gasteiger partial charge is 0.373 e. The molecule has 0 radical (unpaired) electrons. The summed E-state index contributed by atoms with van der Waals surface area (Å²) in [4.78, 5) is 16.2. The van der Waals surface area contributed by atoms with Crippen LogP contribution in [0.4, 0.5) is 5.69 Å². The number of benzene rings is 1. The van der Waals surface area contributed by atoms with Gasteiger partial charge in [0.05, 0.1) is 6.54 Å². The fourth-order valence-corrected chi connectivity index (χ4v) is 3.69. The number of hydrogen-bond donors (Lipinski definition) is 1. The molecule has 1 N–H and O–H groups in total. The van der Waals surface area contributed by atoms with Crippen LogP contribution < -0.4 is 5.32 Å². The van der Waals surface area contributed by atoms with Crippen LogP contribution in [0.15, 0.2) is 41.8 Å². The second kappa shape index (κ2) is 5.19. The third-order valence-corrected chi connectivity index (χ3v) is 5.11. The lowest BCUT2D eigenvalue weighted by Crippen LogP contribution is -2.42. The maximum atomic E-state index is 12.9. The van der Waals surface area contributed by atoms with Crippen LogP contribution in [-0.4, -0.2) is 22.9 Å². The van der Waals surface area contributed by atoms with Crippen molar-refractivity contribution in [3.05, 3.63) is 52.2 Å². The topological polar surface area (TPSA) is 32.3 Å². The molecule has 1 aromatic carbocycles. The van der Waals surface area contributed by atoms with Gasteiger partial charge in [-0.2, -0.15) is 0 Å². The maximum Gasteiger partial charge on any atom is 0.245 e. The van der Waals surface area contributed by atoms with Gasteiger partial charge in [0, 0.05) is 23.0 Å². The van der Waals surface area contributed by atoms with E-state index in [1.807, 2.05) is 12.1 Å². The van der Waals surface area contributed by atoms with Crippen molar-refractivity contribution in [2.45, 2.75) is 37.9 Å². The first kappa shape index (κ1) is 12.9. The highest BCUT2D eigenvalue weighted by atomic mass is 32.1. The van der Waals surface area contributed by atoms with E-state index in [4.69, 9.17) is 0 Å². The van der Waals surface area contributed by atoms with E-state index in [1.54, 1.807) is 11.3 Å². The second-order valence-corrected chi connectivity index (χ2v) is 6.87. The number of rotatable bonds is 4. The van der Waals surface area contributed by atoms with Gasteiger partial charge in [-0.15, -0.1) is 11.3 Å². The highest BCUT2D eigenvalue weighted by Crippen LogP contribution is 2.32. The predicted molar refractivity (Wildman–Crippen MR) is 85.4 cm³/mol. The normalized spacial score (nSPS) is 19.9. The summed E-state index contributed by atoms with van der Waals surface area (Å²) in [5.41, 5.74) is 2.37. The van der Waals surface area contributed by atoms with Crippen molar-refractivity contribution in [2.75, 3.05) is 5.32 Å². The second-order valence-electron chi connectivity index (χ2n) is 5.83. The molecule has 3 nitrogen and oxygen atoms in total. The lowest BCUT2D eigenvalue weighted by Gasteiger charge is -2.25. The Kier molecular flexibility index (Phi) is 3.19. The Morgan fingerprint density at radius 2 is 2.10 bits per heavy atom. The number of anilines is 1. The Labute approximate surface area is 128 Å². The third-order valence-electron chi connectivity index (χ3n) is 4.25. The van der Waals surface area contributed by atoms with Gasteiger partial charge >= 0.3 is 0 Å². The van der Waals surface area contributed by atoms with E-state index in [0.717, 1.165) is 31.5 Å². The van der Waals surface area contributed by atoms with Crippen LogP contribution in [0.25, 0.3) is 0 Å². The van der Waals surface area contributed by atoms with Crippen LogP contribution in [0.1, 0.15) is 23.3 Å². The summed E-state index contributed by atoms with van der Waals surface area (Å²) >= 11 is 1.73. The van der Waals surface area contributed by atoms with Gasteiger partial charge in [0.15, 0.2) is 0 Å². The fraction of sp³-hybridized carbons (Fsp3) is 0.353. The van der Waals surface area contributed by atoms with Crippen LogP contribution in [0, 0.1) is 0 Å². The first-order valence-electron chi connectivity index (χ1n) is 7.48. The molecule has 0 saturated heterocycles. The number of para-hydroxylation sites is 1. The van der Waals surface area contributed by atoms with Gasteiger partial charge in [0.1, 0.15) is 6.04 Å². The van der Waals surface area contributed by atoms with Crippen molar-refractivity contribution in [2.24, 2.45) is 0 Å². The van der Waals surface area contributed by atoms with Crippen LogP contribution in [0.3, 0.4) is 0 Å². The molecule has 0 bridgehead atoms. The lowest BCUT2D eigenvalue weighted by molar-refractivity contribution is -0.133. The van der Waals surface area contributed by atoms with Gasteiger partial charge in [-0.05, 0) is 35.9 Å². The number of hydrogen-bond acceptors (Lipinski definition) is 3. The van der Waals surface area contributed by atoms with Crippen LogP contribution in [0.5, 0.6) is 0 Å². The summed E-state index contributed by atoms with van der Waals surface area (Å²) in [6.07, 6.45) is 3.11. The molecular weight excluding hydrogens is 280 g/mol. The predicted octanol–water partition coefficient (Wildman–Crippen LogP) is 3.28. The minimum atomic E-state index is -0.0945. The minimum absolute atomic E-state index is 0.0945. The maximum absolute atomic E-state index is 12.9. The average Bonchev–Trinajstić information content (AvgIpc) is 3.04. The van der Waals surface area contributed by atoms with E-state index in [2.05, 4.69) is 39.9 Å². The molecule has 1 fully saturated rings. The number of carbonyl (C=O) groups is 1. The smallest absolute Gasteiger partial charge is 0.245 e. The van der Waals surface area contributed by atoms with Crippen LogP contribution in [0.2, 0.25) is 0 Å². The summed E-state index contributed by atoms with van der Waals surface area (Å²) in [5.74, 6) is 0.252. The monoisotopic (exact) mass is 298 g/mol. The summed E-state index contributed by atoms with van der Waals surface area (Å²) in [6, 6.07) is 12.7. The van der Waals surface area contributed by atoms with Crippen LogP contribution >= 0.6 is 11.3 Å². The van der Waals surface area contributed by atoms with Crippen molar-refractivity contribution >= 4 is 22.9 Å². The number of carbonyl (C=O) groups excluding carboxylic acids is 1. The lowest BCUT2D eigenvalue weighted by atomic mass is 10.1. The Hall–Kier alpha value is -1.81. The van der Waals surface area contributed by atoms with E-state index in [1.165, 1.54) is 10.4 Å². The van der Waals surface area contributed by atoms with E-state index in [-0.39, 0.29) is 11.9 Å². The molecule has 1 amide bonds. The molecule has 2 aromatic rings. The van der Waals surface area contributed by atoms with Gasteiger partial charge in [-0.25, -0.2) is 0 Å². The van der Waals surface area contributed by atoms with E-state index in [9.17, 15) is 4.79 Å². The molecule has 1 aromatic heterocycles. The fourth-order valence-electron chi connectivity index (χ4n) is 2.99. The van der Waals surface area contributed by atoms with Gasteiger partial charge in [-0.1, -0.05) is 24.3 Å². The molecule has 1 atom stereocenters. The minimum Gasteiger partial charge on any atom is -0.373 e. The molecule has 21 heavy (non-hydrogen) atoms. The summed E-state index contributed by atoms with van der Waals surface area (Å²) < 4.78 is 0. The molecule has 1 aliphatic heterocycles. The Balaban J connectivity index is 1.50. The van der Waals surface area contributed by atoms with Crippen LogP contribution in [-0.2, 0) is 17.8 Å². The Bertz CT molecular complexity index is 624. The third kappa shape index (κ3) is 2.56. The molecule has 108 valence electrons. The Morgan fingerprint density at radius 1 is 1.24 bits per heavy atom. The molecule has 4 heteroatoms. The zero-order valence-corrected chi connectivity index (χ0v) is 12.6. The van der Waals surface area contributed by atoms with Gasteiger partial charge in [0.25, 0.3) is 0 Å². The standard InChI is InChI=1S/C17H18N2OS/c20-17(16-10-12-4-1-2-6-15(12)18-16)19(13-7-8-13)11-14-5-3-9-21-14/h1-6,9,13,16,18H,7-8,10-11H2. The zero-order chi connectivity index (χ0) is 14.2. The molecule has 1 saturated carbocycles. The highest BCUT2D eigenvalue weighted by molar-refractivity contribution is 7.09.